The Morgan fingerprint density at radius 2 is 1.81 bits per heavy atom. The molecule has 2 aromatic heterocycles. The zero-order valence-corrected chi connectivity index (χ0v) is 15.0. The van der Waals surface area contributed by atoms with E-state index in [4.69, 9.17) is 4.74 Å². The highest BCUT2D eigenvalue weighted by Gasteiger charge is 2.21. The molecule has 0 amide bonds. The molecule has 1 atom stereocenters. The van der Waals surface area contributed by atoms with Gasteiger partial charge in [-0.2, -0.15) is 4.52 Å². The van der Waals surface area contributed by atoms with Gasteiger partial charge in [-0.1, -0.05) is 36.4 Å². The molecule has 1 aliphatic rings. The first-order valence-electron chi connectivity index (χ1n) is 8.99. The van der Waals surface area contributed by atoms with Crippen molar-refractivity contribution in [2.24, 2.45) is 0 Å². The summed E-state index contributed by atoms with van der Waals surface area (Å²) in [6, 6.07) is 20.2. The van der Waals surface area contributed by atoms with Crippen molar-refractivity contribution in [3.63, 3.8) is 0 Å². The van der Waals surface area contributed by atoms with E-state index in [0.717, 1.165) is 41.4 Å². The van der Waals surface area contributed by atoms with Crippen LogP contribution in [0.2, 0.25) is 0 Å². The fourth-order valence-electron chi connectivity index (χ4n) is 3.59. The van der Waals surface area contributed by atoms with Crippen LogP contribution in [0.25, 0.3) is 17.0 Å². The summed E-state index contributed by atoms with van der Waals surface area (Å²) in [4.78, 5) is 0. The molecule has 6 nitrogen and oxygen atoms in total. The number of nitrogens with zero attached hydrogens (tertiary/aromatic N) is 4. The topological polar surface area (TPSA) is 64.3 Å². The molecule has 0 saturated heterocycles. The fourth-order valence-corrected chi connectivity index (χ4v) is 3.59. The van der Waals surface area contributed by atoms with Gasteiger partial charge in [-0.05, 0) is 48.2 Å². The lowest BCUT2D eigenvalue weighted by molar-refractivity contribution is 0.112. The van der Waals surface area contributed by atoms with E-state index >= 15 is 0 Å². The lowest BCUT2D eigenvalue weighted by Crippen LogP contribution is -2.08. The number of ether oxygens (including phenoxy) is 1. The maximum absolute atomic E-state index is 5.50. The van der Waals surface area contributed by atoms with Gasteiger partial charge in [0.1, 0.15) is 0 Å². The molecule has 0 bridgehead atoms. The monoisotopic (exact) mass is 357 g/mol. The van der Waals surface area contributed by atoms with Gasteiger partial charge in [-0.25, -0.2) is 0 Å². The molecular weight excluding hydrogens is 338 g/mol. The molecule has 6 heteroatoms. The lowest BCUT2D eigenvalue weighted by atomic mass is 10.1. The highest BCUT2D eigenvalue weighted by atomic mass is 16.5. The van der Waals surface area contributed by atoms with Crippen LogP contribution in [0.15, 0.2) is 60.7 Å². The predicted octanol–water partition coefficient (Wildman–Crippen LogP) is 3.65. The number of methoxy groups -OCH3 is 1. The van der Waals surface area contributed by atoms with Gasteiger partial charge in [-0.3, -0.25) is 0 Å². The second-order valence-electron chi connectivity index (χ2n) is 6.75. The zero-order valence-electron chi connectivity index (χ0n) is 15.0. The summed E-state index contributed by atoms with van der Waals surface area (Å²) in [5.41, 5.74) is 5.42. The van der Waals surface area contributed by atoms with Gasteiger partial charge in [0.2, 0.25) is 0 Å². The number of benzene rings is 2. The van der Waals surface area contributed by atoms with Crippen LogP contribution in [0.4, 0.5) is 11.5 Å². The van der Waals surface area contributed by atoms with Crippen molar-refractivity contribution in [3.05, 3.63) is 71.8 Å². The number of nitrogens with one attached hydrogen (secondary N) is 1. The summed E-state index contributed by atoms with van der Waals surface area (Å²) in [6.07, 6.45) is 2.23. The first kappa shape index (κ1) is 16.0. The van der Waals surface area contributed by atoms with E-state index < -0.39 is 0 Å². The first-order valence-corrected chi connectivity index (χ1v) is 8.99. The van der Waals surface area contributed by atoms with E-state index in [0.29, 0.717) is 0 Å². The van der Waals surface area contributed by atoms with Crippen LogP contribution in [-0.4, -0.2) is 33.0 Å². The standard InChI is InChI=1S/C21H19N5O/c1-27-18-12-15-7-8-17(11-16(15)13-18)22-19-9-10-20-23-24-21(26(20)25-19)14-5-3-2-4-6-14/h2-11,18H,12-13H2,1H3,(H,22,25). The third-order valence-corrected chi connectivity index (χ3v) is 5.00. The van der Waals surface area contributed by atoms with Crippen molar-refractivity contribution in [1.82, 2.24) is 19.8 Å². The molecule has 134 valence electrons. The number of aromatic nitrogens is 4. The number of rotatable bonds is 4. The highest BCUT2D eigenvalue weighted by Crippen LogP contribution is 2.28. The largest absolute Gasteiger partial charge is 0.381 e. The van der Waals surface area contributed by atoms with Crippen LogP contribution >= 0.6 is 0 Å². The predicted molar refractivity (Wildman–Crippen MR) is 104 cm³/mol. The summed E-state index contributed by atoms with van der Waals surface area (Å²) in [5.74, 6) is 1.48. The Balaban J connectivity index is 1.46. The molecule has 0 fully saturated rings. The number of hydrogen-bond acceptors (Lipinski definition) is 5. The van der Waals surface area contributed by atoms with Gasteiger partial charge in [0.05, 0.1) is 6.10 Å². The molecule has 27 heavy (non-hydrogen) atoms. The Labute approximate surface area is 156 Å². The fraction of sp³-hybridized carbons (Fsp3) is 0.190. The highest BCUT2D eigenvalue weighted by molar-refractivity contribution is 5.62. The summed E-state index contributed by atoms with van der Waals surface area (Å²) in [7, 11) is 1.78. The molecule has 2 aromatic carbocycles. The average molecular weight is 357 g/mol. The summed E-state index contributed by atoms with van der Waals surface area (Å²) in [6.45, 7) is 0. The molecule has 2 heterocycles. The minimum absolute atomic E-state index is 0.287. The van der Waals surface area contributed by atoms with Crippen LogP contribution in [0.1, 0.15) is 11.1 Å². The van der Waals surface area contributed by atoms with Crippen molar-refractivity contribution < 1.29 is 4.74 Å². The molecule has 0 radical (unpaired) electrons. The normalized spacial score (nSPS) is 15.8. The van der Waals surface area contributed by atoms with Crippen LogP contribution in [0, 0.1) is 0 Å². The molecule has 5 rings (SSSR count). The maximum atomic E-state index is 5.50. The van der Waals surface area contributed by atoms with E-state index in [1.807, 2.05) is 42.5 Å². The van der Waals surface area contributed by atoms with Crippen molar-refractivity contribution in [2.75, 3.05) is 12.4 Å². The third kappa shape index (κ3) is 2.94. The molecular formula is C21H19N5O. The number of anilines is 2. The number of fused-ring (bicyclic) bond motifs is 2. The molecule has 4 aromatic rings. The summed E-state index contributed by atoms with van der Waals surface area (Å²) in [5, 5.41) is 16.6. The molecule has 1 aliphatic carbocycles. The van der Waals surface area contributed by atoms with Gasteiger partial charge < -0.3 is 10.1 Å². The first-order chi connectivity index (χ1) is 13.3. The van der Waals surface area contributed by atoms with Gasteiger partial charge in [0, 0.05) is 18.4 Å². The van der Waals surface area contributed by atoms with Crippen LogP contribution in [0.5, 0.6) is 0 Å². The maximum Gasteiger partial charge on any atom is 0.185 e. The van der Waals surface area contributed by atoms with E-state index in [-0.39, 0.29) is 6.10 Å². The number of hydrogen-bond donors (Lipinski definition) is 1. The zero-order chi connectivity index (χ0) is 18.2. The van der Waals surface area contributed by atoms with Gasteiger partial charge in [0.15, 0.2) is 17.3 Å². The Hall–Kier alpha value is -3.25. The smallest absolute Gasteiger partial charge is 0.185 e. The van der Waals surface area contributed by atoms with Crippen LogP contribution in [-0.2, 0) is 17.6 Å². The summed E-state index contributed by atoms with van der Waals surface area (Å²) < 4.78 is 7.27. The van der Waals surface area contributed by atoms with Crippen LogP contribution in [0.3, 0.4) is 0 Å². The van der Waals surface area contributed by atoms with Gasteiger partial charge >= 0.3 is 0 Å². The molecule has 0 spiro atoms. The van der Waals surface area contributed by atoms with Gasteiger partial charge in [0.25, 0.3) is 0 Å². The van der Waals surface area contributed by atoms with E-state index in [2.05, 4.69) is 38.8 Å². The minimum atomic E-state index is 0.287. The molecule has 0 aliphatic heterocycles. The van der Waals surface area contributed by atoms with E-state index in [9.17, 15) is 0 Å². The Morgan fingerprint density at radius 3 is 2.67 bits per heavy atom. The quantitative estimate of drug-likeness (QED) is 0.604. The van der Waals surface area contributed by atoms with Crippen LogP contribution < -0.4 is 5.32 Å². The Bertz CT molecular complexity index is 1110. The van der Waals surface area contributed by atoms with Crippen molar-refractivity contribution in [2.45, 2.75) is 18.9 Å². The Morgan fingerprint density at radius 1 is 0.963 bits per heavy atom. The van der Waals surface area contributed by atoms with Crippen molar-refractivity contribution in [1.29, 1.82) is 0 Å². The van der Waals surface area contributed by atoms with E-state index in [1.54, 1.807) is 11.6 Å². The Kier molecular flexibility index (Phi) is 3.83. The lowest BCUT2D eigenvalue weighted by Gasteiger charge is -2.08. The van der Waals surface area contributed by atoms with Crippen molar-refractivity contribution in [3.8, 4) is 11.4 Å². The minimum Gasteiger partial charge on any atom is -0.381 e. The second-order valence-corrected chi connectivity index (χ2v) is 6.75. The second kappa shape index (κ2) is 6.48. The third-order valence-electron chi connectivity index (χ3n) is 5.00. The average Bonchev–Trinajstić information content (AvgIpc) is 3.31. The summed E-state index contributed by atoms with van der Waals surface area (Å²) >= 11 is 0. The SMILES string of the molecule is COC1Cc2ccc(Nc3ccc4nnc(-c5ccccc5)n4n3)cc2C1. The van der Waals surface area contributed by atoms with E-state index in [1.165, 1.54) is 11.1 Å². The molecule has 0 saturated carbocycles. The van der Waals surface area contributed by atoms with Gasteiger partial charge in [-0.15, -0.1) is 15.3 Å². The molecule has 1 N–H and O–H groups in total. The van der Waals surface area contributed by atoms with Crippen molar-refractivity contribution >= 4 is 17.2 Å². The molecule has 1 unspecified atom stereocenters.